The summed E-state index contributed by atoms with van der Waals surface area (Å²) in [6.45, 7) is 3.27. The molecule has 1 amide bonds. The Morgan fingerprint density at radius 1 is 1.07 bits per heavy atom. The quantitative estimate of drug-likeness (QED) is 0.537. The van der Waals surface area contributed by atoms with Crippen molar-refractivity contribution in [2.45, 2.75) is 19.8 Å². The van der Waals surface area contributed by atoms with Gasteiger partial charge in [-0.1, -0.05) is 0 Å². The van der Waals surface area contributed by atoms with Crippen LogP contribution < -0.4 is 14.2 Å². The molecule has 1 fully saturated rings. The molecule has 1 saturated heterocycles. The Labute approximate surface area is 159 Å². The molecule has 2 rings (SSSR count). The third-order valence-corrected chi connectivity index (χ3v) is 4.53. The maximum Gasteiger partial charge on any atom is 0.309 e. The molecule has 27 heavy (non-hydrogen) atoms. The van der Waals surface area contributed by atoms with Crippen molar-refractivity contribution in [3.05, 3.63) is 23.8 Å². The molecule has 0 radical (unpaired) electrons. The Morgan fingerprint density at radius 2 is 1.67 bits per heavy atom. The largest absolute Gasteiger partial charge is 0.493 e. The molecule has 7 nitrogen and oxygen atoms in total. The summed E-state index contributed by atoms with van der Waals surface area (Å²) in [5, 5.41) is 0. The second kappa shape index (κ2) is 9.85. The maximum atomic E-state index is 12.4. The van der Waals surface area contributed by atoms with Gasteiger partial charge in [-0.3, -0.25) is 9.59 Å². The van der Waals surface area contributed by atoms with E-state index in [0.717, 1.165) is 5.56 Å². The van der Waals surface area contributed by atoms with Crippen LogP contribution in [0.25, 0.3) is 6.08 Å². The van der Waals surface area contributed by atoms with E-state index in [1.807, 2.05) is 0 Å². The summed E-state index contributed by atoms with van der Waals surface area (Å²) in [7, 11) is 4.63. The predicted octanol–water partition coefficient (Wildman–Crippen LogP) is 2.53. The number of amides is 1. The lowest BCUT2D eigenvalue weighted by molar-refractivity contribution is -0.150. The van der Waals surface area contributed by atoms with Crippen molar-refractivity contribution in [1.29, 1.82) is 0 Å². The minimum Gasteiger partial charge on any atom is -0.493 e. The molecule has 0 saturated carbocycles. The van der Waals surface area contributed by atoms with E-state index in [9.17, 15) is 9.59 Å². The highest BCUT2D eigenvalue weighted by Crippen LogP contribution is 2.38. The van der Waals surface area contributed by atoms with Gasteiger partial charge in [0.25, 0.3) is 0 Å². The number of likely N-dealkylation sites (tertiary alicyclic amines) is 1. The zero-order valence-corrected chi connectivity index (χ0v) is 16.3. The van der Waals surface area contributed by atoms with Crippen LogP contribution in [0.15, 0.2) is 18.2 Å². The summed E-state index contributed by atoms with van der Waals surface area (Å²) >= 11 is 0. The normalized spacial score (nSPS) is 14.9. The first-order valence-electron chi connectivity index (χ1n) is 8.97. The molecule has 1 heterocycles. The highest BCUT2D eigenvalue weighted by atomic mass is 16.5. The number of hydrogen-bond acceptors (Lipinski definition) is 6. The molecule has 0 aromatic heterocycles. The Morgan fingerprint density at radius 3 is 2.15 bits per heavy atom. The summed E-state index contributed by atoms with van der Waals surface area (Å²) in [4.78, 5) is 26.0. The number of ether oxygens (including phenoxy) is 4. The van der Waals surface area contributed by atoms with Gasteiger partial charge in [0.15, 0.2) is 11.5 Å². The summed E-state index contributed by atoms with van der Waals surface area (Å²) < 4.78 is 21.0. The molecule has 0 N–H and O–H groups in total. The molecular formula is C20H27NO6. The van der Waals surface area contributed by atoms with Crippen molar-refractivity contribution in [3.63, 3.8) is 0 Å². The minimum absolute atomic E-state index is 0.0916. The van der Waals surface area contributed by atoms with Crippen LogP contribution in [0.2, 0.25) is 0 Å². The van der Waals surface area contributed by atoms with Crippen LogP contribution in [-0.2, 0) is 14.3 Å². The van der Waals surface area contributed by atoms with Gasteiger partial charge in [-0.2, -0.15) is 0 Å². The average molecular weight is 377 g/mol. The van der Waals surface area contributed by atoms with Crippen molar-refractivity contribution in [2.75, 3.05) is 41.0 Å². The number of carbonyl (C=O) groups is 2. The fourth-order valence-corrected chi connectivity index (χ4v) is 3.07. The van der Waals surface area contributed by atoms with Gasteiger partial charge in [-0.25, -0.2) is 0 Å². The number of hydrogen-bond donors (Lipinski definition) is 0. The zero-order valence-electron chi connectivity index (χ0n) is 16.3. The zero-order chi connectivity index (χ0) is 19.8. The van der Waals surface area contributed by atoms with E-state index in [0.29, 0.717) is 49.8 Å². The molecule has 1 aliphatic rings. The van der Waals surface area contributed by atoms with Gasteiger partial charge in [0.1, 0.15) is 0 Å². The summed E-state index contributed by atoms with van der Waals surface area (Å²) in [5.74, 6) is 1.18. The standard InChI is InChI=1S/C20H27NO6/c1-5-27-20(23)15-8-10-21(11-9-15)18(22)7-6-14-12-16(24-2)19(26-4)17(13-14)25-3/h6-7,12-13,15H,5,8-11H2,1-4H3/b7-6+. The van der Waals surface area contributed by atoms with Crippen LogP contribution in [0.4, 0.5) is 0 Å². The van der Waals surface area contributed by atoms with E-state index >= 15 is 0 Å². The van der Waals surface area contributed by atoms with Crippen molar-refractivity contribution in [1.82, 2.24) is 4.90 Å². The Balaban J connectivity index is 2.02. The molecule has 1 aromatic rings. The van der Waals surface area contributed by atoms with Gasteiger partial charge in [0.05, 0.1) is 33.9 Å². The second-order valence-corrected chi connectivity index (χ2v) is 6.14. The summed E-state index contributed by atoms with van der Waals surface area (Å²) in [6, 6.07) is 3.55. The molecule has 7 heteroatoms. The van der Waals surface area contributed by atoms with E-state index < -0.39 is 0 Å². The van der Waals surface area contributed by atoms with E-state index in [1.165, 1.54) is 6.08 Å². The molecule has 1 aliphatic heterocycles. The van der Waals surface area contributed by atoms with Gasteiger partial charge in [-0.05, 0) is 43.5 Å². The van der Waals surface area contributed by atoms with Crippen LogP contribution in [0.3, 0.4) is 0 Å². The molecule has 0 unspecified atom stereocenters. The van der Waals surface area contributed by atoms with E-state index in [1.54, 1.807) is 51.4 Å². The Kier molecular flexibility index (Phi) is 7.52. The SMILES string of the molecule is CCOC(=O)C1CCN(C(=O)/C=C/c2cc(OC)c(OC)c(OC)c2)CC1. The molecule has 0 atom stereocenters. The first-order chi connectivity index (χ1) is 13.0. The number of methoxy groups -OCH3 is 3. The van der Waals surface area contributed by atoms with Gasteiger partial charge >= 0.3 is 5.97 Å². The van der Waals surface area contributed by atoms with Crippen LogP contribution in [0.1, 0.15) is 25.3 Å². The van der Waals surface area contributed by atoms with Crippen LogP contribution in [-0.4, -0.2) is 57.8 Å². The summed E-state index contributed by atoms with van der Waals surface area (Å²) in [6.07, 6.45) is 4.49. The fraction of sp³-hybridized carbons (Fsp3) is 0.500. The second-order valence-electron chi connectivity index (χ2n) is 6.14. The molecule has 0 bridgehead atoms. The Bertz CT molecular complexity index is 667. The maximum absolute atomic E-state index is 12.4. The minimum atomic E-state index is -0.169. The van der Waals surface area contributed by atoms with Crippen molar-refractivity contribution >= 4 is 18.0 Å². The molecular weight excluding hydrogens is 350 g/mol. The van der Waals surface area contributed by atoms with Crippen molar-refractivity contribution < 1.29 is 28.5 Å². The topological polar surface area (TPSA) is 74.3 Å². The lowest BCUT2D eigenvalue weighted by atomic mass is 9.97. The first kappa shape index (κ1) is 20.6. The predicted molar refractivity (Wildman–Crippen MR) is 101 cm³/mol. The third kappa shape index (κ3) is 5.15. The third-order valence-electron chi connectivity index (χ3n) is 4.53. The highest BCUT2D eigenvalue weighted by molar-refractivity contribution is 5.92. The fourth-order valence-electron chi connectivity index (χ4n) is 3.07. The molecule has 1 aromatic carbocycles. The van der Waals surface area contributed by atoms with Gasteiger partial charge < -0.3 is 23.8 Å². The number of piperidine rings is 1. The average Bonchev–Trinajstić information content (AvgIpc) is 2.71. The van der Waals surface area contributed by atoms with Gasteiger partial charge in [-0.15, -0.1) is 0 Å². The van der Waals surface area contributed by atoms with Crippen molar-refractivity contribution in [3.8, 4) is 17.2 Å². The van der Waals surface area contributed by atoms with Gasteiger partial charge in [0.2, 0.25) is 11.7 Å². The number of nitrogens with zero attached hydrogens (tertiary/aromatic N) is 1. The number of carbonyl (C=O) groups excluding carboxylic acids is 2. The van der Waals surface area contributed by atoms with E-state index in [-0.39, 0.29) is 17.8 Å². The number of benzene rings is 1. The van der Waals surface area contributed by atoms with Crippen LogP contribution in [0, 0.1) is 5.92 Å². The van der Waals surface area contributed by atoms with E-state index in [4.69, 9.17) is 18.9 Å². The van der Waals surface area contributed by atoms with Crippen molar-refractivity contribution in [2.24, 2.45) is 5.92 Å². The molecule has 148 valence electrons. The Hall–Kier alpha value is -2.70. The number of esters is 1. The van der Waals surface area contributed by atoms with E-state index in [2.05, 4.69) is 0 Å². The van der Waals surface area contributed by atoms with Crippen LogP contribution in [0.5, 0.6) is 17.2 Å². The number of rotatable bonds is 7. The monoisotopic (exact) mass is 377 g/mol. The van der Waals surface area contributed by atoms with Crippen LogP contribution >= 0.6 is 0 Å². The molecule has 0 aliphatic carbocycles. The molecule has 0 spiro atoms. The lowest BCUT2D eigenvalue weighted by Gasteiger charge is -2.30. The summed E-state index contributed by atoms with van der Waals surface area (Å²) in [5.41, 5.74) is 0.763. The van der Waals surface area contributed by atoms with Gasteiger partial charge in [0, 0.05) is 19.2 Å². The first-order valence-corrected chi connectivity index (χ1v) is 8.97. The highest BCUT2D eigenvalue weighted by Gasteiger charge is 2.27. The smallest absolute Gasteiger partial charge is 0.309 e. The lowest BCUT2D eigenvalue weighted by Crippen LogP contribution is -2.39.